The number of aromatic nitrogens is 2. The second-order valence-corrected chi connectivity index (χ2v) is 7.27. The van der Waals surface area contributed by atoms with Gasteiger partial charge in [-0.3, -0.25) is 0 Å². The number of aliphatic hydroxyl groups is 1. The molecule has 124 valence electrons. The highest BCUT2D eigenvalue weighted by Gasteiger charge is 2.40. The van der Waals surface area contributed by atoms with Crippen LogP contribution in [0.4, 0.5) is 4.39 Å². The van der Waals surface area contributed by atoms with E-state index >= 15 is 0 Å². The van der Waals surface area contributed by atoms with Gasteiger partial charge >= 0.3 is 0 Å². The Kier molecular flexibility index (Phi) is 4.09. The number of ether oxygens (including phenoxy) is 1. The molecule has 3 rings (SSSR count). The monoisotopic (exact) mass is 341 g/mol. The van der Waals surface area contributed by atoms with Gasteiger partial charge in [0.15, 0.2) is 5.03 Å². The summed E-state index contributed by atoms with van der Waals surface area (Å²) in [4.78, 5) is 3.84. The fraction of sp³-hybridized carbons (Fsp3) is 0.357. The van der Waals surface area contributed by atoms with Gasteiger partial charge in [-0.2, -0.15) is 4.31 Å². The Morgan fingerprint density at radius 2 is 2.17 bits per heavy atom. The SMILES string of the molecule is Cn1cnc(S(=O)(=O)N2C[C@@H](O)[C@H](Oc3cccc(F)c3)C2)c1. The molecule has 9 heteroatoms. The van der Waals surface area contributed by atoms with E-state index < -0.39 is 28.0 Å². The molecule has 0 amide bonds. The van der Waals surface area contributed by atoms with Crippen molar-refractivity contribution in [3.8, 4) is 5.75 Å². The van der Waals surface area contributed by atoms with Gasteiger partial charge in [0.1, 0.15) is 23.8 Å². The van der Waals surface area contributed by atoms with E-state index in [9.17, 15) is 17.9 Å². The van der Waals surface area contributed by atoms with Crippen molar-refractivity contribution in [3.05, 3.63) is 42.6 Å². The van der Waals surface area contributed by atoms with E-state index in [-0.39, 0.29) is 23.9 Å². The van der Waals surface area contributed by atoms with Gasteiger partial charge in [0.05, 0.1) is 12.9 Å². The van der Waals surface area contributed by atoms with Gasteiger partial charge in [0.2, 0.25) is 0 Å². The van der Waals surface area contributed by atoms with Crippen molar-refractivity contribution in [3.63, 3.8) is 0 Å². The number of β-amino-alcohol motifs (C(OH)–C–C–N with tert-alkyl or cyclic N) is 1. The van der Waals surface area contributed by atoms with Gasteiger partial charge < -0.3 is 14.4 Å². The molecule has 1 aliphatic heterocycles. The van der Waals surface area contributed by atoms with E-state index in [4.69, 9.17) is 4.74 Å². The summed E-state index contributed by atoms with van der Waals surface area (Å²) < 4.78 is 46.3. The number of imidazole rings is 1. The quantitative estimate of drug-likeness (QED) is 0.869. The number of hydrogen-bond donors (Lipinski definition) is 1. The van der Waals surface area contributed by atoms with Crippen LogP contribution in [0.15, 0.2) is 41.8 Å². The van der Waals surface area contributed by atoms with E-state index in [0.29, 0.717) is 0 Å². The van der Waals surface area contributed by atoms with Crippen LogP contribution in [-0.4, -0.2) is 52.7 Å². The molecule has 0 unspecified atom stereocenters. The molecule has 1 aliphatic rings. The number of rotatable bonds is 4. The van der Waals surface area contributed by atoms with Gasteiger partial charge in [0, 0.05) is 25.9 Å². The first-order valence-electron chi connectivity index (χ1n) is 6.94. The van der Waals surface area contributed by atoms with Crippen molar-refractivity contribution in [2.45, 2.75) is 17.2 Å². The Morgan fingerprint density at radius 3 is 2.83 bits per heavy atom. The van der Waals surface area contributed by atoms with Crippen molar-refractivity contribution in [1.82, 2.24) is 13.9 Å². The second kappa shape index (κ2) is 5.91. The molecular weight excluding hydrogens is 325 g/mol. The topological polar surface area (TPSA) is 84.7 Å². The fourth-order valence-electron chi connectivity index (χ4n) is 2.40. The summed E-state index contributed by atoms with van der Waals surface area (Å²) >= 11 is 0. The molecule has 0 bridgehead atoms. The summed E-state index contributed by atoms with van der Waals surface area (Å²) in [5.41, 5.74) is 0. The molecule has 23 heavy (non-hydrogen) atoms. The minimum absolute atomic E-state index is 0.0312. The third kappa shape index (κ3) is 3.21. The van der Waals surface area contributed by atoms with E-state index in [1.807, 2.05) is 0 Å². The van der Waals surface area contributed by atoms with Crippen molar-refractivity contribution >= 4 is 10.0 Å². The van der Waals surface area contributed by atoms with Crippen molar-refractivity contribution < 1.29 is 22.7 Å². The number of aliphatic hydroxyl groups excluding tert-OH is 1. The molecule has 0 spiro atoms. The van der Waals surface area contributed by atoms with E-state index in [1.54, 1.807) is 13.1 Å². The van der Waals surface area contributed by atoms with Crippen LogP contribution in [0.5, 0.6) is 5.75 Å². The minimum atomic E-state index is -3.80. The Hall–Kier alpha value is -1.97. The summed E-state index contributed by atoms with van der Waals surface area (Å²) in [6, 6.07) is 5.48. The molecule has 0 saturated carbocycles. The minimum Gasteiger partial charge on any atom is -0.486 e. The summed E-state index contributed by atoms with van der Waals surface area (Å²) in [5, 5.41) is 9.97. The summed E-state index contributed by atoms with van der Waals surface area (Å²) in [5.74, 6) is -0.223. The number of nitrogens with zero attached hydrogens (tertiary/aromatic N) is 3. The maximum atomic E-state index is 13.2. The lowest BCUT2D eigenvalue weighted by Crippen LogP contribution is -2.31. The Bertz CT molecular complexity index is 808. The highest BCUT2D eigenvalue weighted by molar-refractivity contribution is 7.89. The Balaban J connectivity index is 1.76. The maximum Gasteiger partial charge on any atom is 0.262 e. The summed E-state index contributed by atoms with van der Waals surface area (Å²) in [6.07, 6.45) is 1.01. The summed E-state index contributed by atoms with van der Waals surface area (Å²) in [7, 11) is -2.13. The average molecular weight is 341 g/mol. The van der Waals surface area contributed by atoms with Gasteiger partial charge in [0.25, 0.3) is 10.0 Å². The highest BCUT2D eigenvalue weighted by Crippen LogP contribution is 2.24. The molecule has 2 atom stereocenters. The van der Waals surface area contributed by atoms with E-state index in [1.165, 1.54) is 35.3 Å². The van der Waals surface area contributed by atoms with Crippen LogP contribution in [0.25, 0.3) is 0 Å². The first-order chi connectivity index (χ1) is 10.9. The third-order valence-corrected chi connectivity index (χ3v) is 5.29. The van der Waals surface area contributed by atoms with Crippen molar-refractivity contribution in [2.24, 2.45) is 7.05 Å². The Morgan fingerprint density at radius 1 is 1.39 bits per heavy atom. The molecule has 1 N–H and O–H groups in total. The number of benzene rings is 1. The molecule has 2 aromatic rings. The van der Waals surface area contributed by atoms with Crippen LogP contribution >= 0.6 is 0 Å². The third-order valence-electron chi connectivity index (χ3n) is 3.57. The first kappa shape index (κ1) is 15.9. The molecule has 7 nitrogen and oxygen atoms in total. The molecule has 1 fully saturated rings. The van der Waals surface area contributed by atoms with Crippen LogP contribution in [-0.2, 0) is 17.1 Å². The zero-order valence-electron chi connectivity index (χ0n) is 12.3. The van der Waals surface area contributed by atoms with Crippen LogP contribution in [0.3, 0.4) is 0 Å². The van der Waals surface area contributed by atoms with Gasteiger partial charge in [-0.1, -0.05) is 6.07 Å². The number of aryl methyl sites for hydroxylation is 1. The van der Waals surface area contributed by atoms with Crippen molar-refractivity contribution in [1.29, 1.82) is 0 Å². The van der Waals surface area contributed by atoms with Crippen LogP contribution < -0.4 is 4.74 Å². The average Bonchev–Trinajstić information content (AvgIpc) is 3.07. The van der Waals surface area contributed by atoms with Gasteiger partial charge in [-0.25, -0.2) is 17.8 Å². The number of sulfonamides is 1. The normalized spacial score (nSPS) is 22.4. The predicted octanol–water partition coefficient (Wildman–Crippen LogP) is 0.372. The van der Waals surface area contributed by atoms with Gasteiger partial charge in [-0.15, -0.1) is 0 Å². The summed E-state index contributed by atoms with van der Waals surface area (Å²) in [6.45, 7) is -0.129. The molecule has 2 heterocycles. The standard InChI is InChI=1S/C14H16FN3O4S/c1-17-8-14(16-9-17)23(20,21)18-6-12(19)13(7-18)22-11-4-2-3-10(15)5-11/h2-5,8-9,12-13,19H,6-7H2,1H3/t12-,13-/m1/s1. The zero-order chi connectivity index (χ0) is 16.6. The first-order valence-corrected chi connectivity index (χ1v) is 8.38. The lowest BCUT2D eigenvalue weighted by atomic mass is 10.2. The van der Waals surface area contributed by atoms with Gasteiger partial charge in [-0.05, 0) is 12.1 Å². The van der Waals surface area contributed by atoms with Crippen molar-refractivity contribution in [2.75, 3.05) is 13.1 Å². The largest absolute Gasteiger partial charge is 0.486 e. The number of halogens is 1. The van der Waals surface area contributed by atoms with Crippen LogP contribution in [0, 0.1) is 5.82 Å². The second-order valence-electron chi connectivity index (χ2n) is 5.38. The van der Waals surface area contributed by atoms with Crippen LogP contribution in [0.2, 0.25) is 0 Å². The molecule has 1 saturated heterocycles. The zero-order valence-corrected chi connectivity index (χ0v) is 13.1. The molecule has 1 aromatic heterocycles. The fourth-order valence-corrected chi connectivity index (χ4v) is 3.84. The van der Waals surface area contributed by atoms with E-state index in [2.05, 4.69) is 4.98 Å². The predicted molar refractivity (Wildman–Crippen MR) is 78.8 cm³/mol. The molecule has 1 aromatic carbocycles. The smallest absolute Gasteiger partial charge is 0.262 e. The van der Waals surface area contributed by atoms with E-state index in [0.717, 1.165) is 4.31 Å². The molecule has 0 radical (unpaired) electrons. The maximum absolute atomic E-state index is 13.2. The molecular formula is C14H16FN3O4S. The Labute approximate surface area is 133 Å². The van der Waals surface area contributed by atoms with Crippen LogP contribution in [0.1, 0.15) is 0 Å². The lowest BCUT2D eigenvalue weighted by molar-refractivity contribution is 0.0735. The highest BCUT2D eigenvalue weighted by atomic mass is 32.2. The lowest BCUT2D eigenvalue weighted by Gasteiger charge is -2.16. The molecule has 0 aliphatic carbocycles. The number of hydrogen-bond acceptors (Lipinski definition) is 5.